The minimum Gasteiger partial charge on any atom is -0.368 e. The zero-order valence-corrected chi connectivity index (χ0v) is 11.2. The van der Waals surface area contributed by atoms with Gasteiger partial charge in [0.15, 0.2) is 9.84 Å². The molecule has 0 aliphatic carbocycles. The molecule has 0 saturated heterocycles. The molecule has 0 unspecified atom stereocenters. The van der Waals surface area contributed by atoms with Gasteiger partial charge in [-0.05, 0) is 28.1 Å². The van der Waals surface area contributed by atoms with Crippen LogP contribution in [0, 0.1) is 0 Å². The Hall–Kier alpha value is -1.34. The number of benzene rings is 1. The Morgan fingerprint density at radius 3 is 2.53 bits per heavy atom. The average Bonchev–Trinajstić information content (AvgIpc) is 2.62. The van der Waals surface area contributed by atoms with E-state index in [0.717, 1.165) is 11.8 Å². The number of anilines is 1. The van der Waals surface area contributed by atoms with Crippen molar-refractivity contribution >= 4 is 31.7 Å². The summed E-state index contributed by atoms with van der Waals surface area (Å²) in [5, 5.41) is 3.75. The largest absolute Gasteiger partial charge is 0.368 e. The zero-order valence-electron chi connectivity index (χ0n) is 8.84. The summed E-state index contributed by atoms with van der Waals surface area (Å²) in [7, 11) is -3.24. The number of rotatable bonds is 2. The molecule has 2 rings (SSSR count). The van der Waals surface area contributed by atoms with Crippen molar-refractivity contribution in [1.82, 2.24) is 5.16 Å². The highest BCUT2D eigenvalue weighted by atomic mass is 79.9. The highest BCUT2D eigenvalue weighted by Crippen LogP contribution is 2.28. The first kappa shape index (κ1) is 12.1. The quantitative estimate of drug-likeness (QED) is 0.916. The summed E-state index contributed by atoms with van der Waals surface area (Å²) in [6, 6.07) is 6.40. The molecular weight excluding hydrogens is 308 g/mol. The second-order valence-electron chi connectivity index (χ2n) is 3.53. The zero-order chi connectivity index (χ0) is 12.6. The Bertz CT molecular complexity index is 664. The highest BCUT2D eigenvalue weighted by Gasteiger charge is 2.13. The molecule has 1 aromatic carbocycles. The van der Waals surface area contributed by atoms with E-state index in [1.165, 1.54) is 6.07 Å². The van der Waals surface area contributed by atoms with Crippen molar-refractivity contribution in [2.45, 2.75) is 4.90 Å². The van der Waals surface area contributed by atoms with Crippen LogP contribution in [0.15, 0.2) is 38.2 Å². The highest BCUT2D eigenvalue weighted by molar-refractivity contribution is 9.10. The number of aromatic nitrogens is 1. The van der Waals surface area contributed by atoms with Crippen LogP contribution in [0.25, 0.3) is 11.3 Å². The number of nitrogen functional groups attached to an aromatic ring is 1. The van der Waals surface area contributed by atoms with Gasteiger partial charge in [0.1, 0.15) is 5.69 Å². The summed E-state index contributed by atoms with van der Waals surface area (Å²) in [6.07, 6.45) is 1.15. The van der Waals surface area contributed by atoms with Crippen LogP contribution in [0.5, 0.6) is 0 Å². The Labute approximate surface area is 107 Å². The molecule has 0 radical (unpaired) electrons. The Morgan fingerprint density at radius 2 is 2.06 bits per heavy atom. The number of sulfone groups is 1. The monoisotopic (exact) mass is 316 g/mol. The van der Waals surface area contributed by atoms with Gasteiger partial charge in [0, 0.05) is 22.4 Å². The summed E-state index contributed by atoms with van der Waals surface area (Å²) in [6.45, 7) is 0. The molecule has 90 valence electrons. The van der Waals surface area contributed by atoms with Crippen molar-refractivity contribution in [3.8, 4) is 11.3 Å². The van der Waals surface area contributed by atoms with Gasteiger partial charge in [0.25, 0.3) is 0 Å². The van der Waals surface area contributed by atoms with Gasteiger partial charge in [0.2, 0.25) is 5.88 Å². The summed E-state index contributed by atoms with van der Waals surface area (Å²) in [4.78, 5) is 0.234. The maximum Gasteiger partial charge on any atom is 0.222 e. The number of hydrogen-bond acceptors (Lipinski definition) is 5. The molecule has 0 fully saturated rings. The SMILES string of the molecule is CS(=O)(=O)c1ccc(-c2cc(N)on2)cc1Br. The maximum atomic E-state index is 11.4. The van der Waals surface area contributed by atoms with Gasteiger partial charge in [-0.15, -0.1) is 0 Å². The van der Waals surface area contributed by atoms with E-state index in [0.29, 0.717) is 10.2 Å². The summed E-state index contributed by atoms with van der Waals surface area (Å²) in [5.41, 5.74) is 6.70. The Balaban J connectivity index is 2.52. The van der Waals surface area contributed by atoms with Gasteiger partial charge in [-0.3, -0.25) is 0 Å². The average molecular weight is 317 g/mol. The first-order valence-electron chi connectivity index (χ1n) is 4.60. The Kier molecular flexibility index (Phi) is 2.96. The van der Waals surface area contributed by atoms with Crippen molar-refractivity contribution in [3.63, 3.8) is 0 Å². The van der Waals surface area contributed by atoms with Crippen LogP contribution in [-0.2, 0) is 9.84 Å². The standard InChI is InChI=1S/C10H9BrN2O3S/c1-17(14,15)9-3-2-6(4-7(9)11)8-5-10(12)16-13-8/h2-5H,12H2,1H3. The molecular formula is C10H9BrN2O3S. The first-order chi connectivity index (χ1) is 7.88. The van der Waals surface area contributed by atoms with Crippen molar-refractivity contribution < 1.29 is 12.9 Å². The van der Waals surface area contributed by atoms with E-state index in [1.54, 1.807) is 18.2 Å². The topological polar surface area (TPSA) is 86.2 Å². The fourth-order valence-electron chi connectivity index (χ4n) is 1.39. The minimum atomic E-state index is -3.24. The minimum absolute atomic E-state index is 0.211. The number of hydrogen-bond donors (Lipinski definition) is 1. The molecule has 17 heavy (non-hydrogen) atoms. The van der Waals surface area contributed by atoms with Crippen LogP contribution in [0.2, 0.25) is 0 Å². The van der Waals surface area contributed by atoms with Crippen LogP contribution in [0.4, 0.5) is 5.88 Å². The van der Waals surface area contributed by atoms with Crippen LogP contribution >= 0.6 is 15.9 Å². The second kappa shape index (κ2) is 4.15. The molecule has 0 saturated carbocycles. The van der Waals surface area contributed by atoms with Crippen LogP contribution < -0.4 is 5.73 Å². The van der Waals surface area contributed by atoms with Crippen molar-refractivity contribution in [2.75, 3.05) is 12.0 Å². The number of nitrogens with two attached hydrogens (primary N) is 1. The van der Waals surface area contributed by atoms with Crippen LogP contribution in [-0.4, -0.2) is 19.8 Å². The number of nitrogens with zero attached hydrogens (tertiary/aromatic N) is 1. The molecule has 0 aliphatic rings. The van der Waals surface area contributed by atoms with E-state index in [4.69, 9.17) is 10.3 Å². The molecule has 0 bridgehead atoms. The fourth-order valence-corrected chi connectivity index (χ4v) is 3.38. The van der Waals surface area contributed by atoms with Gasteiger partial charge >= 0.3 is 0 Å². The third-order valence-corrected chi connectivity index (χ3v) is 4.23. The third-order valence-electron chi connectivity index (χ3n) is 2.16. The smallest absolute Gasteiger partial charge is 0.222 e. The molecule has 2 N–H and O–H groups in total. The lowest BCUT2D eigenvalue weighted by Gasteiger charge is -2.03. The second-order valence-corrected chi connectivity index (χ2v) is 6.37. The van der Waals surface area contributed by atoms with E-state index >= 15 is 0 Å². The molecule has 0 spiro atoms. The van der Waals surface area contributed by atoms with Gasteiger partial charge in [-0.25, -0.2) is 8.42 Å². The molecule has 0 atom stereocenters. The summed E-state index contributed by atoms with van der Waals surface area (Å²) >= 11 is 3.22. The molecule has 5 nitrogen and oxygen atoms in total. The lowest BCUT2D eigenvalue weighted by atomic mass is 10.1. The van der Waals surface area contributed by atoms with Gasteiger partial charge < -0.3 is 10.3 Å². The van der Waals surface area contributed by atoms with E-state index in [-0.39, 0.29) is 10.8 Å². The fraction of sp³-hybridized carbons (Fsp3) is 0.100. The normalized spacial score (nSPS) is 11.6. The lowest BCUT2D eigenvalue weighted by molar-refractivity contribution is 0.439. The maximum absolute atomic E-state index is 11.4. The van der Waals surface area contributed by atoms with E-state index in [1.807, 2.05) is 0 Å². The molecule has 2 aromatic rings. The molecule has 1 heterocycles. The van der Waals surface area contributed by atoms with Crippen LogP contribution in [0.1, 0.15) is 0 Å². The van der Waals surface area contributed by atoms with Crippen molar-refractivity contribution in [1.29, 1.82) is 0 Å². The van der Waals surface area contributed by atoms with Crippen LogP contribution in [0.3, 0.4) is 0 Å². The van der Waals surface area contributed by atoms with E-state index in [9.17, 15) is 8.42 Å². The lowest BCUT2D eigenvalue weighted by Crippen LogP contribution is -1.98. The predicted molar refractivity (Wildman–Crippen MR) is 67.2 cm³/mol. The molecule has 7 heteroatoms. The van der Waals surface area contributed by atoms with Gasteiger partial charge in [0.05, 0.1) is 4.90 Å². The summed E-state index contributed by atoms with van der Waals surface area (Å²) < 4.78 is 28.1. The van der Waals surface area contributed by atoms with Gasteiger partial charge in [-0.2, -0.15) is 0 Å². The number of halogens is 1. The van der Waals surface area contributed by atoms with E-state index < -0.39 is 9.84 Å². The predicted octanol–water partition coefficient (Wildman–Crippen LogP) is 2.09. The summed E-state index contributed by atoms with van der Waals surface area (Å²) in [5.74, 6) is 0.211. The van der Waals surface area contributed by atoms with Gasteiger partial charge in [-0.1, -0.05) is 11.2 Å². The van der Waals surface area contributed by atoms with Crippen molar-refractivity contribution in [3.05, 3.63) is 28.7 Å². The molecule has 0 amide bonds. The third kappa shape index (κ3) is 2.50. The Morgan fingerprint density at radius 1 is 1.35 bits per heavy atom. The van der Waals surface area contributed by atoms with Crippen molar-refractivity contribution in [2.24, 2.45) is 0 Å². The molecule has 1 aromatic heterocycles. The molecule has 0 aliphatic heterocycles. The first-order valence-corrected chi connectivity index (χ1v) is 7.28. The van der Waals surface area contributed by atoms with E-state index in [2.05, 4.69) is 21.1 Å².